The van der Waals surface area contributed by atoms with Gasteiger partial charge in [0, 0.05) is 65.6 Å². The largest absolute Gasteiger partial charge is 0.256 e. The average Bonchev–Trinajstić information content (AvgIpc) is 3.49. The van der Waals surface area contributed by atoms with Crippen molar-refractivity contribution in [3.63, 3.8) is 0 Å². The second-order valence-electron chi connectivity index (χ2n) is 10.9. The van der Waals surface area contributed by atoms with Gasteiger partial charge in [0.1, 0.15) is 0 Å². The van der Waals surface area contributed by atoms with Crippen molar-refractivity contribution in [2.75, 3.05) is 0 Å². The Bertz CT molecular complexity index is 2430. The molecule has 5 nitrogen and oxygen atoms in total. The Morgan fingerprint density at radius 1 is 0.467 bits per heavy atom. The van der Waals surface area contributed by atoms with E-state index in [9.17, 15) is 0 Å². The summed E-state index contributed by atoms with van der Waals surface area (Å²) >= 11 is 1.77. The van der Waals surface area contributed by atoms with E-state index in [1.807, 2.05) is 85.2 Å². The van der Waals surface area contributed by atoms with Gasteiger partial charge in [-0.3, -0.25) is 9.97 Å². The Balaban J connectivity index is 1.40. The number of hydrogen-bond acceptors (Lipinski definition) is 6. The highest BCUT2D eigenvalue weighted by atomic mass is 32.1. The van der Waals surface area contributed by atoms with Crippen molar-refractivity contribution in [1.29, 1.82) is 0 Å². The lowest BCUT2D eigenvalue weighted by Gasteiger charge is -2.14. The van der Waals surface area contributed by atoms with Crippen LogP contribution < -0.4 is 0 Å². The smallest absolute Gasteiger partial charge is 0.165 e. The summed E-state index contributed by atoms with van der Waals surface area (Å²) in [5.74, 6) is 1.91. The van der Waals surface area contributed by atoms with E-state index in [0.717, 1.165) is 59.7 Å². The molecule has 9 rings (SSSR count). The minimum atomic E-state index is 0.636. The molecule has 0 saturated carbocycles. The Hall–Kier alpha value is -5.85. The van der Waals surface area contributed by atoms with Gasteiger partial charge >= 0.3 is 0 Å². The molecule has 0 amide bonds. The van der Waals surface area contributed by atoms with Crippen LogP contribution in [-0.2, 0) is 0 Å². The summed E-state index contributed by atoms with van der Waals surface area (Å²) in [4.78, 5) is 24.8. The van der Waals surface area contributed by atoms with E-state index < -0.39 is 0 Å². The number of hydrogen-bond donors (Lipinski definition) is 0. The van der Waals surface area contributed by atoms with E-state index in [-0.39, 0.29) is 0 Å². The molecule has 6 heteroatoms. The van der Waals surface area contributed by atoms with Crippen molar-refractivity contribution in [3.05, 3.63) is 140 Å². The van der Waals surface area contributed by atoms with Gasteiger partial charge in [-0.15, -0.1) is 11.3 Å². The molecule has 0 bridgehead atoms. The Morgan fingerprint density at radius 2 is 1.11 bits per heavy atom. The normalized spacial score (nSPS) is 11.6. The molecule has 0 aliphatic carbocycles. The summed E-state index contributed by atoms with van der Waals surface area (Å²) in [6.07, 6.45) is 3.70. The monoisotopic (exact) mass is 593 g/mol. The minimum Gasteiger partial charge on any atom is -0.256 e. The van der Waals surface area contributed by atoms with Crippen molar-refractivity contribution < 1.29 is 0 Å². The molecule has 0 unspecified atom stereocenters. The molecule has 210 valence electrons. The summed E-state index contributed by atoms with van der Waals surface area (Å²) in [5, 5.41) is 4.47. The Morgan fingerprint density at radius 3 is 1.89 bits per heavy atom. The number of benzene rings is 5. The SMILES string of the molecule is c1ccc(-c2nc(-c3ccccc3)nc(-c3cc(-c4c5cccnc5cc5cccnc45)cc4c3sc3ccccc34)n2)cc1. The standard InChI is InChI=1S/C39H23N5S/c1-3-11-24(12-4-1)37-42-38(25-13-5-2-6-14-25)44-39(43-37)31-22-27(21-30-28-16-7-8-18-33(28)45-36(30)31)34-29-17-10-19-40-32(29)23-26-15-9-20-41-35(26)34/h1-23H. The maximum absolute atomic E-state index is 5.14. The van der Waals surface area contributed by atoms with Crippen molar-refractivity contribution in [2.24, 2.45) is 0 Å². The van der Waals surface area contributed by atoms with Crippen LogP contribution in [0.5, 0.6) is 0 Å². The number of fused-ring (bicyclic) bond motifs is 5. The highest BCUT2D eigenvalue weighted by molar-refractivity contribution is 7.26. The van der Waals surface area contributed by atoms with E-state index >= 15 is 0 Å². The van der Waals surface area contributed by atoms with Crippen molar-refractivity contribution in [2.45, 2.75) is 0 Å². The number of thiophene rings is 1. The summed E-state index contributed by atoms with van der Waals surface area (Å²) < 4.78 is 2.36. The molecule has 0 fully saturated rings. The van der Waals surface area contributed by atoms with Crippen molar-refractivity contribution >= 4 is 53.3 Å². The predicted octanol–water partition coefficient (Wildman–Crippen LogP) is 10.0. The Labute approximate surface area is 262 Å². The predicted molar refractivity (Wildman–Crippen MR) is 185 cm³/mol. The third-order valence-electron chi connectivity index (χ3n) is 8.18. The van der Waals surface area contributed by atoms with Crippen LogP contribution in [-0.4, -0.2) is 24.9 Å². The first-order valence-corrected chi connectivity index (χ1v) is 15.6. The van der Waals surface area contributed by atoms with Crippen LogP contribution in [0.2, 0.25) is 0 Å². The first kappa shape index (κ1) is 25.6. The molecule has 5 aromatic carbocycles. The molecule has 0 saturated heterocycles. The first-order valence-electron chi connectivity index (χ1n) is 14.8. The average molecular weight is 594 g/mol. The minimum absolute atomic E-state index is 0.636. The molecule has 0 spiro atoms. The van der Waals surface area contributed by atoms with Gasteiger partial charge in [0.2, 0.25) is 0 Å². The third-order valence-corrected chi connectivity index (χ3v) is 9.40. The topological polar surface area (TPSA) is 64.5 Å². The van der Waals surface area contributed by atoms with Gasteiger partial charge in [-0.25, -0.2) is 15.0 Å². The fraction of sp³-hybridized carbons (Fsp3) is 0. The molecule has 0 aliphatic rings. The van der Waals surface area contributed by atoms with Gasteiger partial charge in [0.05, 0.1) is 11.0 Å². The summed E-state index contributed by atoms with van der Waals surface area (Å²) in [5.41, 5.74) is 6.82. The first-order chi connectivity index (χ1) is 22.3. The third kappa shape index (κ3) is 4.34. The lowest BCUT2D eigenvalue weighted by Crippen LogP contribution is -2.00. The lowest BCUT2D eigenvalue weighted by molar-refractivity contribution is 1.08. The second-order valence-corrected chi connectivity index (χ2v) is 12.0. The molecular weight excluding hydrogens is 571 g/mol. The maximum Gasteiger partial charge on any atom is 0.165 e. The molecule has 45 heavy (non-hydrogen) atoms. The van der Waals surface area contributed by atoms with E-state index in [2.05, 4.69) is 54.6 Å². The van der Waals surface area contributed by atoms with Crippen molar-refractivity contribution in [1.82, 2.24) is 24.9 Å². The van der Waals surface area contributed by atoms with Crippen LogP contribution in [0.25, 0.3) is 87.3 Å². The molecule has 0 atom stereocenters. The molecular formula is C39H23N5S. The van der Waals surface area contributed by atoms with E-state index in [1.54, 1.807) is 11.3 Å². The number of aromatic nitrogens is 5. The molecule has 4 aromatic heterocycles. The quantitative estimate of drug-likeness (QED) is 0.190. The lowest BCUT2D eigenvalue weighted by atomic mass is 9.94. The zero-order valence-electron chi connectivity index (χ0n) is 23.9. The summed E-state index contributed by atoms with van der Waals surface area (Å²) in [6, 6.07) is 43.6. The van der Waals surface area contributed by atoms with Crippen LogP contribution in [0, 0.1) is 0 Å². The fourth-order valence-electron chi connectivity index (χ4n) is 6.12. The molecule has 0 aliphatic heterocycles. The van der Waals surface area contributed by atoms with Crippen LogP contribution in [0.3, 0.4) is 0 Å². The molecule has 0 radical (unpaired) electrons. The second kappa shape index (κ2) is 10.4. The van der Waals surface area contributed by atoms with Gasteiger partial charge in [-0.1, -0.05) is 91.0 Å². The highest BCUT2D eigenvalue weighted by Crippen LogP contribution is 2.44. The molecule has 9 aromatic rings. The zero-order valence-corrected chi connectivity index (χ0v) is 24.7. The van der Waals surface area contributed by atoms with Gasteiger partial charge in [-0.2, -0.15) is 0 Å². The van der Waals surface area contributed by atoms with Crippen LogP contribution in [0.4, 0.5) is 0 Å². The van der Waals surface area contributed by atoms with Crippen molar-refractivity contribution in [3.8, 4) is 45.3 Å². The van der Waals surface area contributed by atoms with E-state index in [0.29, 0.717) is 17.5 Å². The zero-order chi connectivity index (χ0) is 29.7. The van der Waals surface area contributed by atoms with Gasteiger partial charge in [0.15, 0.2) is 17.5 Å². The Kier molecular flexibility index (Phi) is 5.92. The maximum atomic E-state index is 5.14. The summed E-state index contributed by atoms with van der Waals surface area (Å²) in [6.45, 7) is 0. The number of rotatable bonds is 4. The fourth-order valence-corrected chi connectivity index (χ4v) is 7.31. The number of nitrogens with zero attached hydrogens (tertiary/aromatic N) is 5. The van der Waals surface area contributed by atoms with Crippen LogP contribution in [0.15, 0.2) is 140 Å². The summed E-state index contributed by atoms with van der Waals surface area (Å²) in [7, 11) is 0. The van der Waals surface area contributed by atoms with Crippen LogP contribution in [0.1, 0.15) is 0 Å². The van der Waals surface area contributed by atoms with E-state index in [1.165, 1.54) is 10.1 Å². The van der Waals surface area contributed by atoms with Gasteiger partial charge in [-0.05, 0) is 42.0 Å². The van der Waals surface area contributed by atoms with Gasteiger partial charge < -0.3 is 0 Å². The van der Waals surface area contributed by atoms with Gasteiger partial charge in [0.25, 0.3) is 0 Å². The van der Waals surface area contributed by atoms with E-state index in [4.69, 9.17) is 24.9 Å². The molecule has 4 heterocycles. The molecule has 0 N–H and O–H groups in total. The number of pyridine rings is 2. The highest BCUT2D eigenvalue weighted by Gasteiger charge is 2.20. The van der Waals surface area contributed by atoms with Crippen LogP contribution >= 0.6 is 11.3 Å².